The van der Waals surface area contributed by atoms with E-state index in [1.54, 1.807) is 31.6 Å². The van der Waals surface area contributed by atoms with Crippen LogP contribution in [-0.2, 0) is 7.05 Å². The minimum Gasteiger partial charge on any atom is -0.383 e. The molecule has 4 nitrogen and oxygen atoms in total. The van der Waals surface area contributed by atoms with Crippen molar-refractivity contribution in [2.24, 2.45) is 7.05 Å². The Kier molecular flexibility index (Phi) is 3.13. The van der Waals surface area contributed by atoms with E-state index in [1.807, 2.05) is 0 Å². The third-order valence-electron chi connectivity index (χ3n) is 3.24. The Labute approximate surface area is 119 Å². The second-order valence-corrected chi connectivity index (χ2v) is 4.57. The molecule has 2 N–H and O–H groups in total. The van der Waals surface area contributed by atoms with E-state index < -0.39 is 11.6 Å². The van der Waals surface area contributed by atoms with E-state index >= 15 is 0 Å². The molecule has 3 aromatic rings. The van der Waals surface area contributed by atoms with Gasteiger partial charge in [0, 0.05) is 25.0 Å². The molecule has 0 saturated heterocycles. The van der Waals surface area contributed by atoms with Crippen molar-refractivity contribution in [3.8, 4) is 22.4 Å². The summed E-state index contributed by atoms with van der Waals surface area (Å²) in [4.78, 5) is 4.01. The van der Waals surface area contributed by atoms with Gasteiger partial charge >= 0.3 is 0 Å². The Bertz CT molecular complexity index is 777. The first-order chi connectivity index (χ1) is 10.1. The third-order valence-corrected chi connectivity index (χ3v) is 3.24. The number of anilines is 1. The van der Waals surface area contributed by atoms with Crippen molar-refractivity contribution in [1.82, 2.24) is 14.8 Å². The molecule has 6 heteroatoms. The molecule has 0 amide bonds. The number of benzene rings is 1. The number of aryl methyl sites for hydroxylation is 1. The molecule has 0 bridgehead atoms. The summed E-state index contributed by atoms with van der Waals surface area (Å²) in [5.74, 6) is -1.04. The molecular formula is C15H12F2N4. The molecule has 0 radical (unpaired) electrons. The number of nitrogen functional groups attached to an aromatic ring is 1. The second kappa shape index (κ2) is 4.97. The highest BCUT2D eigenvalue weighted by atomic mass is 19.1. The van der Waals surface area contributed by atoms with E-state index in [9.17, 15) is 8.78 Å². The smallest absolute Gasteiger partial charge is 0.135 e. The van der Waals surface area contributed by atoms with Crippen molar-refractivity contribution in [3.63, 3.8) is 0 Å². The van der Waals surface area contributed by atoms with E-state index in [1.165, 1.54) is 22.9 Å². The zero-order valence-electron chi connectivity index (χ0n) is 11.2. The van der Waals surface area contributed by atoms with E-state index in [0.717, 1.165) is 0 Å². The van der Waals surface area contributed by atoms with E-state index in [-0.39, 0.29) is 11.3 Å². The number of halogens is 2. The summed E-state index contributed by atoms with van der Waals surface area (Å²) in [5.41, 5.74) is 7.10. The van der Waals surface area contributed by atoms with Crippen LogP contribution in [0.4, 0.5) is 14.6 Å². The first-order valence-corrected chi connectivity index (χ1v) is 6.27. The summed E-state index contributed by atoms with van der Waals surface area (Å²) in [6.07, 6.45) is 3.19. The number of aromatic nitrogens is 3. The van der Waals surface area contributed by atoms with Crippen LogP contribution in [-0.4, -0.2) is 14.8 Å². The van der Waals surface area contributed by atoms with Gasteiger partial charge < -0.3 is 5.73 Å². The lowest BCUT2D eigenvalue weighted by Gasteiger charge is -2.06. The summed E-state index contributed by atoms with van der Waals surface area (Å²) < 4.78 is 29.4. The molecule has 0 aliphatic heterocycles. The number of hydrogen-bond acceptors (Lipinski definition) is 3. The number of nitrogens with two attached hydrogens (primary N) is 1. The predicted octanol–water partition coefficient (Wildman–Crippen LogP) is 3.01. The molecular weight excluding hydrogens is 274 g/mol. The molecule has 106 valence electrons. The van der Waals surface area contributed by atoms with Crippen LogP contribution in [0, 0.1) is 11.6 Å². The van der Waals surface area contributed by atoms with Gasteiger partial charge in [0.05, 0.1) is 11.1 Å². The SMILES string of the molecule is Cn1nc(-c2c(F)cccc2F)c(-c2cccnc2)c1N. The van der Waals surface area contributed by atoms with Gasteiger partial charge in [-0.2, -0.15) is 5.10 Å². The minimum absolute atomic E-state index is 0.165. The average molecular weight is 286 g/mol. The Morgan fingerprint density at radius 2 is 1.76 bits per heavy atom. The van der Waals surface area contributed by atoms with Crippen LogP contribution in [0.1, 0.15) is 0 Å². The van der Waals surface area contributed by atoms with E-state index in [0.29, 0.717) is 16.9 Å². The maximum absolute atomic E-state index is 14.0. The number of nitrogens with zero attached hydrogens (tertiary/aromatic N) is 3. The molecule has 0 fully saturated rings. The van der Waals surface area contributed by atoms with Gasteiger partial charge in [-0.3, -0.25) is 9.67 Å². The zero-order chi connectivity index (χ0) is 15.0. The highest BCUT2D eigenvalue weighted by Crippen LogP contribution is 2.37. The first kappa shape index (κ1) is 13.2. The largest absolute Gasteiger partial charge is 0.383 e. The lowest BCUT2D eigenvalue weighted by Crippen LogP contribution is -1.98. The molecule has 0 aliphatic carbocycles. The van der Waals surface area contributed by atoms with E-state index in [2.05, 4.69) is 10.1 Å². The van der Waals surface area contributed by atoms with Crippen LogP contribution >= 0.6 is 0 Å². The Hall–Kier alpha value is -2.76. The second-order valence-electron chi connectivity index (χ2n) is 4.57. The van der Waals surface area contributed by atoms with Gasteiger partial charge in [0.15, 0.2) is 0 Å². The molecule has 0 spiro atoms. The van der Waals surface area contributed by atoms with Gasteiger partial charge in [-0.25, -0.2) is 8.78 Å². The summed E-state index contributed by atoms with van der Waals surface area (Å²) in [6.45, 7) is 0. The lowest BCUT2D eigenvalue weighted by molar-refractivity contribution is 0.588. The van der Waals surface area contributed by atoms with Gasteiger partial charge in [-0.05, 0) is 18.2 Å². The number of rotatable bonds is 2. The molecule has 2 aromatic heterocycles. The van der Waals surface area contributed by atoms with Gasteiger partial charge in [0.1, 0.15) is 23.1 Å². The van der Waals surface area contributed by atoms with Gasteiger partial charge in [-0.15, -0.1) is 0 Å². The molecule has 0 unspecified atom stereocenters. The fraction of sp³-hybridized carbons (Fsp3) is 0.0667. The fourth-order valence-corrected chi connectivity index (χ4v) is 2.23. The molecule has 0 saturated carbocycles. The monoisotopic (exact) mass is 286 g/mol. The van der Waals surface area contributed by atoms with Crippen LogP contribution in [0.5, 0.6) is 0 Å². The number of pyridine rings is 1. The normalized spacial score (nSPS) is 10.8. The predicted molar refractivity (Wildman–Crippen MR) is 76.2 cm³/mol. The summed E-state index contributed by atoms with van der Waals surface area (Å²) in [6, 6.07) is 7.18. The molecule has 2 heterocycles. The van der Waals surface area contributed by atoms with Gasteiger partial charge in [-0.1, -0.05) is 12.1 Å². The molecule has 3 rings (SSSR count). The van der Waals surface area contributed by atoms with Crippen LogP contribution in [0.2, 0.25) is 0 Å². The summed E-state index contributed by atoms with van der Waals surface area (Å²) in [5, 5.41) is 4.16. The molecule has 0 atom stereocenters. The van der Waals surface area contributed by atoms with Crippen molar-refractivity contribution < 1.29 is 8.78 Å². The van der Waals surface area contributed by atoms with Gasteiger partial charge in [0.25, 0.3) is 0 Å². The third kappa shape index (κ3) is 2.14. The summed E-state index contributed by atoms with van der Waals surface area (Å²) >= 11 is 0. The van der Waals surface area contributed by atoms with Crippen LogP contribution in [0.15, 0.2) is 42.7 Å². The van der Waals surface area contributed by atoms with Crippen molar-refractivity contribution in [1.29, 1.82) is 0 Å². The summed E-state index contributed by atoms with van der Waals surface area (Å²) in [7, 11) is 1.62. The van der Waals surface area contributed by atoms with Crippen LogP contribution in [0.3, 0.4) is 0 Å². The first-order valence-electron chi connectivity index (χ1n) is 6.27. The Balaban J connectivity index is 2.33. The van der Waals surface area contributed by atoms with Crippen LogP contribution < -0.4 is 5.73 Å². The van der Waals surface area contributed by atoms with Crippen molar-refractivity contribution in [2.75, 3.05) is 5.73 Å². The highest BCUT2D eigenvalue weighted by molar-refractivity contribution is 5.88. The fourth-order valence-electron chi connectivity index (χ4n) is 2.23. The zero-order valence-corrected chi connectivity index (χ0v) is 11.2. The Morgan fingerprint density at radius 3 is 2.38 bits per heavy atom. The van der Waals surface area contributed by atoms with E-state index in [4.69, 9.17) is 5.73 Å². The maximum atomic E-state index is 14.0. The number of hydrogen-bond donors (Lipinski definition) is 1. The van der Waals surface area contributed by atoms with Gasteiger partial charge in [0.2, 0.25) is 0 Å². The highest BCUT2D eigenvalue weighted by Gasteiger charge is 2.22. The van der Waals surface area contributed by atoms with Crippen molar-refractivity contribution >= 4 is 5.82 Å². The maximum Gasteiger partial charge on any atom is 0.135 e. The standard InChI is InChI=1S/C15H12F2N4/c1-21-15(18)12(9-4-3-7-19-8-9)14(20-21)13-10(16)5-2-6-11(13)17/h2-8H,18H2,1H3. The average Bonchev–Trinajstić information content (AvgIpc) is 2.75. The van der Waals surface area contributed by atoms with Crippen molar-refractivity contribution in [3.05, 3.63) is 54.4 Å². The van der Waals surface area contributed by atoms with Crippen LogP contribution in [0.25, 0.3) is 22.4 Å². The van der Waals surface area contributed by atoms with Crippen molar-refractivity contribution in [2.45, 2.75) is 0 Å². The molecule has 21 heavy (non-hydrogen) atoms. The lowest BCUT2D eigenvalue weighted by atomic mass is 10.0. The Morgan fingerprint density at radius 1 is 1.05 bits per heavy atom. The minimum atomic E-state index is -0.682. The quantitative estimate of drug-likeness (QED) is 0.788. The molecule has 1 aromatic carbocycles. The topological polar surface area (TPSA) is 56.7 Å². The molecule has 0 aliphatic rings.